The van der Waals surface area contributed by atoms with Gasteiger partial charge in [0, 0.05) is 12.6 Å². The van der Waals surface area contributed by atoms with Crippen LogP contribution in [-0.4, -0.2) is 39.5 Å². The van der Waals surface area contributed by atoms with Crippen molar-refractivity contribution in [1.82, 2.24) is 15.4 Å². The van der Waals surface area contributed by atoms with Gasteiger partial charge in [-0.05, 0) is 37.8 Å². The van der Waals surface area contributed by atoms with E-state index < -0.39 is 16.1 Å². The number of carbonyl (C=O) groups excluding carboxylic acids is 1. The maximum Gasteiger partial charge on any atom is 0.250 e. The highest BCUT2D eigenvalue weighted by atomic mass is 35.5. The second-order valence-corrected chi connectivity index (χ2v) is 7.72. The van der Waals surface area contributed by atoms with Gasteiger partial charge in [-0.1, -0.05) is 6.07 Å². The molecule has 1 aliphatic heterocycles. The van der Waals surface area contributed by atoms with E-state index >= 15 is 0 Å². The molecule has 9 heteroatoms. The van der Waals surface area contributed by atoms with Crippen molar-refractivity contribution in [2.45, 2.75) is 36.1 Å². The average molecular weight is 354 g/mol. The topological polar surface area (TPSA) is 87.3 Å². The number of piperidine rings is 1. The summed E-state index contributed by atoms with van der Waals surface area (Å²) < 4.78 is 26.6. The van der Waals surface area contributed by atoms with Crippen molar-refractivity contribution in [1.29, 1.82) is 0 Å². The van der Waals surface area contributed by atoms with E-state index in [2.05, 4.69) is 15.4 Å². The summed E-state index contributed by atoms with van der Waals surface area (Å²) >= 11 is 1.13. The van der Waals surface area contributed by atoms with E-state index in [0.717, 1.165) is 37.3 Å². The van der Waals surface area contributed by atoms with E-state index in [1.54, 1.807) is 18.4 Å². The first-order valence-corrected chi connectivity index (χ1v) is 8.92. The van der Waals surface area contributed by atoms with Gasteiger partial charge >= 0.3 is 0 Å². The Labute approximate surface area is 135 Å². The van der Waals surface area contributed by atoms with Crippen LogP contribution in [0.5, 0.6) is 0 Å². The molecule has 0 bridgehead atoms. The van der Waals surface area contributed by atoms with Crippen molar-refractivity contribution >= 4 is 39.7 Å². The summed E-state index contributed by atoms with van der Waals surface area (Å²) in [5.74, 6) is -0.293. The minimum absolute atomic E-state index is 0. The maximum atomic E-state index is 12.0. The van der Waals surface area contributed by atoms with Crippen molar-refractivity contribution in [2.24, 2.45) is 0 Å². The molecule has 6 nitrogen and oxygen atoms in total. The molecule has 1 aromatic heterocycles. The van der Waals surface area contributed by atoms with Crippen molar-refractivity contribution in [2.75, 3.05) is 13.1 Å². The lowest BCUT2D eigenvalue weighted by atomic mass is 10.1. The third-order valence-electron chi connectivity index (χ3n) is 3.13. The maximum absolute atomic E-state index is 12.0. The van der Waals surface area contributed by atoms with Crippen LogP contribution in [0.15, 0.2) is 21.7 Å². The Balaban J connectivity index is 0.00000220. The van der Waals surface area contributed by atoms with Crippen molar-refractivity contribution in [3.8, 4) is 0 Å². The highest BCUT2D eigenvalue weighted by molar-refractivity contribution is 7.91. The molecule has 2 atom stereocenters. The predicted molar refractivity (Wildman–Crippen MR) is 85.4 cm³/mol. The number of amides is 1. The SMILES string of the molecule is CC(NS(=O)(=O)c1cccs1)C(=O)NC1CCCNC1.Cl. The summed E-state index contributed by atoms with van der Waals surface area (Å²) in [6, 6.07) is 2.47. The Hall–Kier alpha value is -0.670. The average Bonchev–Trinajstić information content (AvgIpc) is 2.94. The first kappa shape index (κ1) is 18.4. The molecule has 1 amide bonds. The molecule has 2 rings (SSSR count). The minimum atomic E-state index is -3.61. The summed E-state index contributed by atoms with van der Waals surface area (Å²) in [6.45, 7) is 3.25. The van der Waals surface area contributed by atoms with Gasteiger partial charge in [-0.2, -0.15) is 4.72 Å². The van der Waals surface area contributed by atoms with Crippen LogP contribution in [0, 0.1) is 0 Å². The van der Waals surface area contributed by atoms with E-state index in [9.17, 15) is 13.2 Å². The van der Waals surface area contributed by atoms with Gasteiger partial charge < -0.3 is 10.6 Å². The molecule has 2 unspecified atom stereocenters. The molecule has 0 radical (unpaired) electrons. The van der Waals surface area contributed by atoms with Crippen LogP contribution >= 0.6 is 23.7 Å². The van der Waals surface area contributed by atoms with E-state index in [0.29, 0.717) is 0 Å². The van der Waals surface area contributed by atoms with Gasteiger partial charge in [0.25, 0.3) is 10.0 Å². The Morgan fingerprint density at radius 3 is 2.86 bits per heavy atom. The number of hydrogen-bond donors (Lipinski definition) is 3. The van der Waals surface area contributed by atoms with Gasteiger partial charge in [0.05, 0.1) is 6.04 Å². The van der Waals surface area contributed by atoms with Gasteiger partial charge in [0.15, 0.2) is 0 Å². The fraction of sp³-hybridized carbons (Fsp3) is 0.583. The molecule has 21 heavy (non-hydrogen) atoms. The fourth-order valence-corrected chi connectivity index (χ4v) is 4.27. The molecule has 1 saturated heterocycles. The predicted octanol–water partition coefficient (Wildman–Crippen LogP) is 0.705. The Kier molecular flexibility index (Phi) is 7.08. The number of carbonyl (C=O) groups is 1. The van der Waals surface area contributed by atoms with E-state index in [4.69, 9.17) is 0 Å². The monoisotopic (exact) mass is 353 g/mol. The normalized spacial score (nSPS) is 20.3. The van der Waals surface area contributed by atoms with Crippen LogP contribution in [-0.2, 0) is 14.8 Å². The molecule has 3 N–H and O–H groups in total. The number of sulfonamides is 1. The van der Waals surface area contributed by atoms with Crippen LogP contribution in [0.25, 0.3) is 0 Å². The van der Waals surface area contributed by atoms with Crippen LogP contribution < -0.4 is 15.4 Å². The molecular formula is C12H20ClN3O3S2. The minimum Gasteiger partial charge on any atom is -0.351 e. The lowest BCUT2D eigenvalue weighted by molar-refractivity contribution is -0.123. The van der Waals surface area contributed by atoms with Gasteiger partial charge in [0.1, 0.15) is 4.21 Å². The molecule has 1 aliphatic rings. The van der Waals surface area contributed by atoms with Crippen LogP contribution in [0.1, 0.15) is 19.8 Å². The molecule has 0 aromatic carbocycles. The molecular weight excluding hydrogens is 334 g/mol. The van der Waals surface area contributed by atoms with Gasteiger partial charge in [0.2, 0.25) is 5.91 Å². The molecule has 0 saturated carbocycles. The molecule has 0 spiro atoms. The zero-order valence-corrected chi connectivity index (χ0v) is 14.1. The van der Waals surface area contributed by atoms with Crippen molar-refractivity contribution < 1.29 is 13.2 Å². The molecule has 1 aromatic rings. The first-order chi connectivity index (χ1) is 9.49. The number of thiophene rings is 1. The third-order valence-corrected chi connectivity index (χ3v) is 6.07. The lowest BCUT2D eigenvalue weighted by Gasteiger charge is -2.25. The van der Waals surface area contributed by atoms with Crippen LogP contribution in [0.2, 0.25) is 0 Å². The third kappa shape index (κ3) is 5.23. The van der Waals surface area contributed by atoms with Crippen molar-refractivity contribution in [3.05, 3.63) is 17.5 Å². The van der Waals surface area contributed by atoms with Gasteiger partial charge in [-0.3, -0.25) is 4.79 Å². The smallest absolute Gasteiger partial charge is 0.250 e. The number of hydrogen-bond acceptors (Lipinski definition) is 5. The Morgan fingerprint density at radius 2 is 2.29 bits per heavy atom. The first-order valence-electron chi connectivity index (χ1n) is 6.56. The molecule has 2 heterocycles. The second-order valence-electron chi connectivity index (χ2n) is 4.83. The number of rotatable bonds is 5. The highest BCUT2D eigenvalue weighted by Gasteiger charge is 2.24. The zero-order chi connectivity index (χ0) is 14.6. The summed E-state index contributed by atoms with van der Waals surface area (Å²) in [5.41, 5.74) is 0. The fourth-order valence-electron chi connectivity index (χ4n) is 2.06. The van der Waals surface area contributed by atoms with Gasteiger partial charge in [-0.25, -0.2) is 8.42 Å². The standard InChI is InChI=1S/C12H19N3O3S2.ClH/c1-9(12(16)14-10-4-2-6-13-8-10)15-20(17,18)11-5-3-7-19-11;/h3,5,7,9-10,13,15H,2,4,6,8H2,1H3,(H,14,16);1H. The van der Waals surface area contributed by atoms with Gasteiger partial charge in [-0.15, -0.1) is 23.7 Å². The molecule has 0 aliphatic carbocycles. The number of nitrogens with one attached hydrogen (secondary N) is 3. The highest BCUT2D eigenvalue weighted by Crippen LogP contribution is 2.15. The zero-order valence-electron chi connectivity index (χ0n) is 11.7. The van der Waals surface area contributed by atoms with Crippen LogP contribution in [0.3, 0.4) is 0 Å². The summed E-state index contributed by atoms with van der Waals surface area (Å²) in [6.07, 6.45) is 1.93. The summed E-state index contributed by atoms with van der Waals surface area (Å²) in [5, 5.41) is 7.75. The van der Waals surface area contributed by atoms with E-state index in [-0.39, 0.29) is 28.6 Å². The number of halogens is 1. The van der Waals surface area contributed by atoms with Crippen LogP contribution in [0.4, 0.5) is 0 Å². The quantitative estimate of drug-likeness (QED) is 0.727. The van der Waals surface area contributed by atoms with E-state index in [1.165, 1.54) is 6.07 Å². The van der Waals surface area contributed by atoms with Crippen molar-refractivity contribution in [3.63, 3.8) is 0 Å². The summed E-state index contributed by atoms with van der Waals surface area (Å²) in [4.78, 5) is 12.0. The lowest BCUT2D eigenvalue weighted by Crippen LogP contribution is -2.52. The Morgan fingerprint density at radius 1 is 1.52 bits per heavy atom. The molecule has 1 fully saturated rings. The second kappa shape index (κ2) is 8.09. The summed E-state index contributed by atoms with van der Waals surface area (Å²) in [7, 11) is -3.61. The largest absolute Gasteiger partial charge is 0.351 e. The Bertz CT molecular complexity index is 542. The van der Waals surface area contributed by atoms with E-state index in [1.807, 2.05) is 0 Å². The molecule has 120 valence electrons.